The monoisotopic (exact) mass is 398 g/mol. The summed E-state index contributed by atoms with van der Waals surface area (Å²) in [5.74, 6) is 0.0645. The Bertz CT molecular complexity index is 684. The molecule has 4 rings (SSSR count). The van der Waals surface area contributed by atoms with Crippen LogP contribution in [-0.4, -0.2) is 24.0 Å². The quantitative estimate of drug-likeness (QED) is 0.764. The van der Waals surface area contributed by atoms with Crippen LogP contribution in [-0.2, 0) is 0 Å². The van der Waals surface area contributed by atoms with Crippen LogP contribution in [0.5, 0.6) is 0 Å². The van der Waals surface area contributed by atoms with E-state index in [1.165, 1.54) is 25.8 Å². The van der Waals surface area contributed by atoms with E-state index in [9.17, 15) is 4.79 Å². The zero-order valence-corrected chi connectivity index (χ0v) is 13.8. The van der Waals surface area contributed by atoms with Crippen LogP contribution in [0.1, 0.15) is 29.6 Å². The fourth-order valence-electron chi connectivity index (χ4n) is 3.38. The zero-order valence-electron chi connectivity index (χ0n) is 10.9. The van der Waals surface area contributed by atoms with Gasteiger partial charge in [-0.15, -0.1) is 11.3 Å². The van der Waals surface area contributed by atoms with Crippen molar-refractivity contribution < 1.29 is 4.79 Å². The van der Waals surface area contributed by atoms with Crippen molar-refractivity contribution in [3.63, 3.8) is 0 Å². The normalized spacial score (nSPS) is 28.1. The summed E-state index contributed by atoms with van der Waals surface area (Å²) in [6.07, 6.45) is 3.53. The summed E-state index contributed by atoms with van der Waals surface area (Å²) in [5, 5.41) is 7.97. The van der Waals surface area contributed by atoms with Gasteiger partial charge in [-0.3, -0.25) is 4.79 Å². The smallest absolute Gasteiger partial charge is 0.251 e. The molecule has 0 spiro atoms. The molecule has 1 amide bonds. The van der Waals surface area contributed by atoms with Gasteiger partial charge >= 0.3 is 0 Å². The fraction of sp³-hybridized carbons (Fsp3) is 0.400. The highest BCUT2D eigenvalue weighted by atomic mass is 127. The van der Waals surface area contributed by atoms with Gasteiger partial charge in [-0.25, -0.2) is 0 Å². The molecule has 3 nitrogen and oxygen atoms in total. The maximum absolute atomic E-state index is 12.4. The van der Waals surface area contributed by atoms with E-state index in [1.807, 2.05) is 18.2 Å². The van der Waals surface area contributed by atoms with Crippen molar-refractivity contribution in [3.05, 3.63) is 32.7 Å². The van der Waals surface area contributed by atoms with Crippen molar-refractivity contribution in [1.82, 2.24) is 10.6 Å². The molecule has 0 radical (unpaired) electrons. The Hall–Kier alpha value is -0.660. The number of fused-ring (bicyclic) bond motifs is 3. The average Bonchev–Trinajstić information content (AvgIpc) is 3.10. The largest absolute Gasteiger partial charge is 0.348 e. The Morgan fingerprint density at radius 1 is 1.35 bits per heavy atom. The molecule has 5 heteroatoms. The van der Waals surface area contributed by atoms with Gasteiger partial charge in [0, 0.05) is 28.4 Å². The SMILES string of the molecule is O=C(N[C@@H]1C[C@H]2CC[C@@H]1N2)c1ccc2cc(I)sc2c1. The van der Waals surface area contributed by atoms with Crippen molar-refractivity contribution in [2.24, 2.45) is 0 Å². The molecule has 20 heavy (non-hydrogen) atoms. The van der Waals surface area contributed by atoms with Crippen LogP contribution in [0, 0.1) is 2.88 Å². The second kappa shape index (κ2) is 4.96. The first-order valence-electron chi connectivity index (χ1n) is 6.95. The molecule has 2 aromatic rings. The van der Waals surface area contributed by atoms with Crippen LogP contribution in [0.2, 0.25) is 0 Å². The number of amides is 1. The summed E-state index contributed by atoms with van der Waals surface area (Å²) in [7, 11) is 0. The molecule has 2 bridgehead atoms. The Balaban J connectivity index is 1.54. The molecule has 3 atom stereocenters. The van der Waals surface area contributed by atoms with Gasteiger partial charge < -0.3 is 10.6 Å². The lowest BCUT2D eigenvalue weighted by molar-refractivity contribution is 0.0931. The maximum atomic E-state index is 12.4. The number of hydrogen-bond acceptors (Lipinski definition) is 3. The molecule has 0 unspecified atom stereocenters. The second-order valence-electron chi connectivity index (χ2n) is 5.67. The van der Waals surface area contributed by atoms with Crippen LogP contribution < -0.4 is 10.6 Å². The standard InChI is InChI=1S/C15H15IN2OS/c16-14-6-8-1-2-9(5-13(8)20-14)15(19)18-12-7-10-3-4-11(12)17-10/h1-2,5-6,10-12,17H,3-4,7H2,(H,18,19)/t10-,11+,12-/m1/s1. The summed E-state index contributed by atoms with van der Waals surface area (Å²) in [5.41, 5.74) is 0.776. The topological polar surface area (TPSA) is 41.1 Å². The lowest BCUT2D eigenvalue weighted by atomic mass is 9.95. The summed E-state index contributed by atoms with van der Waals surface area (Å²) in [4.78, 5) is 12.4. The second-order valence-corrected chi connectivity index (χ2v) is 8.64. The predicted octanol–water partition coefficient (Wildman–Crippen LogP) is 3.13. The number of thiophene rings is 1. The fourth-order valence-corrected chi connectivity index (χ4v) is 5.25. The minimum Gasteiger partial charge on any atom is -0.348 e. The van der Waals surface area contributed by atoms with Crippen LogP contribution in [0.4, 0.5) is 0 Å². The van der Waals surface area contributed by atoms with E-state index < -0.39 is 0 Å². The van der Waals surface area contributed by atoms with Gasteiger partial charge in [0.1, 0.15) is 0 Å². The molecule has 0 saturated carbocycles. The molecule has 2 N–H and O–H groups in total. The minimum absolute atomic E-state index is 0.0645. The lowest BCUT2D eigenvalue weighted by Gasteiger charge is -2.21. The third-order valence-electron chi connectivity index (χ3n) is 4.37. The van der Waals surface area contributed by atoms with Crippen LogP contribution in [0.3, 0.4) is 0 Å². The third-order valence-corrected chi connectivity index (χ3v) is 6.23. The molecule has 3 heterocycles. The van der Waals surface area contributed by atoms with Crippen LogP contribution in [0.15, 0.2) is 24.3 Å². The number of halogens is 1. The highest BCUT2D eigenvalue weighted by molar-refractivity contribution is 14.1. The van der Waals surface area contributed by atoms with Gasteiger partial charge in [0.05, 0.1) is 2.88 Å². The van der Waals surface area contributed by atoms with Crippen molar-refractivity contribution in [2.75, 3.05) is 0 Å². The predicted molar refractivity (Wildman–Crippen MR) is 90.4 cm³/mol. The highest BCUT2D eigenvalue weighted by Gasteiger charge is 2.39. The lowest BCUT2D eigenvalue weighted by Crippen LogP contribution is -2.42. The number of carbonyl (C=O) groups is 1. The number of nitrogens with one attached hydrogen (secondary N) is 2. The zero-order chi connectivity index (χ0) is 13.7. The number of hydrogen-bond donors (Lipinski definition) is 2. The Morgan fingerprint density at radius 2 is 2.25 bits per heavy atom. The van der Waals surface area contributed by atoms with E-state index >= 15 is 0 Å². The van der Waals surface area contributed by atoms with Crippen molar-refractivity contribution in [3.8, 4) is 0 Å². The van der Waals surface area contributed by atoms with Gasteiger partial charge in [0.25, 0.3) is 5.91 Å². The Kier molecular flexibility index (Phi) is 3.23. The van der Waals surface area contributed by atoms with Gasteiger partial charge in [-0.05, 0) is 65.4 Å². The molecule has 2 aliphatic rings. The number of rotatable bonds is 2. The van der Waals surface area contributed by atoms with E-state index in [1.54, 1.807) is 11.3 Å². The van der Waals surface area contributed by atoms with E-state index in [-0.39, 0.29) is 5.91 Å². The first-order chi connectivity index (χ1) is 9.69. The Morgan fingerprint density at radius 3 is 3.00 bits per heavy atom. The Labute approximate surface area is 135 Å². The molecule has 2 fully saturated rings. The van der Waals surface area contributed by atoms with E-state index in [2.05, 4.69) is 39.3 Å². The van der Waals surface area contributed by atoms with Gasteiger partial charge in [-0.1, -0.05) is 6.07 Å². The molecule has 2 aliphatic heterocycles. The summed E-state index contributed by atoms with van der Waals surface area (Å²) >= 11 is 4.06. The van der Waals surface area contributed by atoms with E-state index in [0.717, 1.165) is 12.0 Å². The van der Waals surface area contributed by atoms with E-state index in [0.29, 0.717) is 18.1 Å². The third kappa shape index (κ3) is 2.25. The van der Waals surface area contributed by atoms with Crippen LogP contribution in [0.25, 0.3) is 10.1 Å². The van der Waals surface area contributed by atoms with Gasteiger partial charge in [0.15, 0.2) is 0 Å². The van der Waals surface area contributed by atoms with Gasteiger partial charge in [0.2, 0.25) is 0 Å². The first kappa shape index (κ1) is 13.0. The number of carbonyl (C=O) groups excluding carboxylic acids is 1. The molecule has 104 valence electrons. The number of benzene rings is 1. The summed E-state index contributed by atoms with van der Waals surface area (Å²) < 4.78 is 2.44. The maximum Gasteiger partial charge on any atom is 0.251 e. The first-order valence-corrected chi connectivity index (χ1v) is 8.84. The minimum atomic E-state index is 0.0645. The molecule has 2 saturated heterocycles. The van der Waals surface area contributed by atoms with Crippen molar-refractivity contribution in [2.45, 2.75) is 37.4 Å². The summed E-state index contributed by atoms with van der Waals surface area (Å²) in [6.45, 7) is 0. The van der Waals surface area contributed by atoms with Crippen molar-refractivity contribution in [1.29, 1.82) is 0 Å². The van der Waals surface area contributed by atoms with E-state index in [4.69, 9.17) is 0 Å². The molecule has 1 aromatic carbocycles. The van der Waals surface area contributed by atoms with Crippen LogP contribution >= 0.6 is 33.9 Å². The molecule has 1 aromatic heterocycles. The molecule has 0 aliphatic carbocycles. The molecular weight excluding hydrogens is 383 g/mol. The highest BCUT2D eigenvalue weighted by Crippen LogP contribution is 2.29. The van der Waals surface area contributed by atoms with Crippen molar-refractivity contribution >= 4 is 49.9 Å². The van der Waals surface area contributed by atoms with Gasteiger partial charge in [-0.2, -0.15) is 0 Å². The molecular formula is C15H15IN2OS. The average molecular weight is 398 g/mol. The summed E-state index contributed by atoms with van der Waals surface area (Å²) in [6, 6.07) is 9.55.